The van der Waals surface area contributed by atoms with Crippen LogP contribution in [0.15, 0.2) is 18.3 Å². The highest BCUT2D eigenvalue weighted by atomic mass is 35.5. The number of nitrogens with one attached hydrogen (secondary N) is 1. The quantitative estimate of drug-likeness (QED) is 0.678. The van der Waals surface area contributed by atoms with Crippen molar-refractivity contribution in [2.24, 2.45) is 0 Å². The first-order valence-corrected chi connectivity index (χ1v) is 3.49. The first-order valence-electron chi connectivity index (χ1n) is 3.12. The SMILES string of the molecule is C#CCNc1ccc(Cl)cn1. The van der Waals surface area contributed by atoms with Crippen molar-refractivity contribution in [2.75, 3.05) is 11.9 Å². The van der Waals surface area contributed by atoms with Crippen molar-refractivity contribution in [3.63, 3.8) is 0 Å². The molecule has 56 valence electrons. The zero-order chi connectivity index (χ0) is 8.10. The van der Waals surface area contributed by atoms with Crippen LogP contribution in [0.5, 0.6) is 0 Å². The Kier molecular flexibility index (Phi) is 2.76. The normalized spacial score (nSPS) is 8.73. The minimum atomic E-state index is 0.481. The molecule has 1 heterocycles. The second-order valence-corrected chi connectivity index (χ2v) is 2.36. The molecule has 0 unspecified atom stereocenters. The largest absolute Gasteiger partial charge is 0.359 e. The molecule has 0 aliphatic heterocycles. The van der Waals surface area contributed by atoms with Crippen LogP contribution >= 0.6 is 11.6 Å². The van der Waals surface area contributed by atoms with Gasteiger partial charge in [0.05, 0.1) is 11.6 Å². The van der Waals surface area contributed by atoms with Crippen molar-refractivity contribution in [1.29, 1.82) is 0 Å². The molecule has 0 saturated heterocycles. The lowest BCUT2D eigenvalue weighted by Gasteiger charge is -1.99. The van der Waals surface area contributed by atoms with Crippen LogP contribution in [0.25, 0.3) is 0 Å². The fraction of sp³-hybridized carbons (Fsp3) is 0.125. The summed E-state index contributed by atoms with van der Waals surface area (Å²) in [5.74, 6) is 3.19. The van der Waals surface area contributed by atoms with Crippen LogP contribution in [0, 0.1) is 12.3 Å². The molecule has 1 aromatic heterocycles. The van der Waals surface area contributed by atoms with E-state index in [1.165, 1.54) is 0 Å². The Morgan fingerprint density at radius 3 is 3.00 bits per heavy atom. The van der Waals surface area contributed by atoms with E-state index < -0.39 is 0 Å². The third-order valence-corrected chi connectivity index (χ3v) is 1.32. The highest BCUT2D eigenvalue weighted by molar-refractivity contribution is 6.30. The molecule has 1 aromatic rings. The minimum Gasteiger partial charge on any atom is -0.359 e. The van der Waals surface area contributed by atoms with Crippen molar-refractivity contribution >= 4 is 17.4 Å². The van der Waals surface area contributed by atoms with E-state index in [2.05, 4.69) is 16.2 Å². The van der Waals surface area contributed by atoms with Gasteiger partial charge in [-0.05, 0) is 12.1 Å². The number of anilines is 1. The number of hydrogen-bond acceptors (Lipinski definition) is 2. The second kappa shape index (κ2) is 3.85. The zero-order valence-electron chi connectivity index (χ0n) is 5.84. The van der Waals surface area contributed by atoms with E-state index in [4.69, 9.17) is 18.0 Å². The average molecular weight is 167 g/mol. The summed E-state index contributed by atoms with van der Waals surface area (Å²) in [5.41, 5.74) is 0. The van der Waals surface area contributed by atoms with Crippen LogP contribution in [0.2, 0.25) is 5.02 Å². The number of halogens is 1. The molecule has 0 bridgehead atoms. The highest BCUT2D eigenvalue weighted by Crippen LogP contribution is 2.08. The molecule has 0 saturated carbocycles. The number of aromatic nitrogens is 1. The maximum absolute atomic E-state index is 5.62. The Hall–Kier alpha value is -1.20. The molecule has 0 aromatic carbocycles. The molecular formula is C8H7ClN2. The Bertz CT molecular complexity index is 260. The lowest BCUT2D eigenvalue weighted by molar-refractivity contribution is 1.25. The van der Waals surface area contributed by atoms with Crippen LogP contribution in [0.1, 0.15) is 0 Å². The molecule has 1 N–H and O–H groups in total. The summed E-state index contributed by atoms with van der Waals surface area (Å²) in [6.45, 7) is 0.481. The lowest BCUT2D eigenvalue weighted by Crippen LogP contribution is -1.99. The molecule has 0 atom stereocenters. The molecule has 2 nitrogen and oxygen atoms in total. The molecular weight excluding hydrogens is 160 g/mol. The molecule has 0 aliphatic rings. The summed E-state index contributed by atoms with van der Waals surface area (Å²) in [7, 11) is 0. The molecule has 0 amide bonds. The maximum Gasteiger partial charge on any atom is 0.126 e. The summed E-state index contributed by atoms with van der Waals surface area (Å²) < 4.78 is 0. The lowest BCUT2D eigenvalue weighted by atomic mass is 10.4. The van der Waals surface area contributed by atoms with Crippen molar-refractivity contribution in [3.05, 3.63) is 23.4 Å². The summed E-state index contributed by atoms with van der Waals surface area (Å²) in [6, 6.07) is 3.53. The van der Waals surface area contributed by atoms with E-state index in [1.54, 1.807) is 18.3 Å². The van der Waals surface area contributed by atoms with Gasteiger partial charge in [0.2, 0.25) is 0 Å². The molecule has 0 radical (unpaired) electrons. The molecule has 3 heteroatoms. The number of terminal acetylenes is 1. The summed E-state index contributed by atoms with van der Waals surface area (Å²) in [5, 5.41) is 3.54. The first-order chi connectivity index (χ1) is 5.33. The van der Waals surface area contributed by atoms with Gasteiger partial charge in [-0.2, -0.15) is 0 Å². The van der Waals surface area contributed by atoms with Gasteiger partial charge in [-0.3, -0.25) is 0 Å². The van der Waals surface area contributed by atoms with Gasteiger partial charge in [0.1, 0.15) is 5.82 Å². The Morgan fingerprint density at radius 2 is 2.45 bits per heavy atom. The van der Waals surface area contributed by atoms with Crippen LogP contribution < -0.4 is 5.32 Å². The number of hydrogen-bond donors (Lipinski definition) is 1. The number of rotatable bonds is 2. The van der Waals surface area contributed by atoms with Gasteiger partial charge < -0.3 is 5.32 Å². The van der Waals surface area contributed by atoms with Gasteiger partial charge in [-0.15, -0.1) is 6.42 Å². The summed E-state index contributed by atoms with van der Waals surface area (Å²) in [4.78, 5) is 3.98. The maximum atomic E-state index is 5.62. The number of pyridine rings is 1. The predicted octanol–water partition coefficient (Wildman–Crippen LogP) is 1.78. The molecule has 0 aliphatic carbocycles. The topological polar surface area (TPSA) is 24.9 Å². The fourth-order valence-corrected chi connectivity index (χ4v) is 0.734. The summed E-state index contributed by atoms with van der Waals surface area (Å²) in [6.07, 6.45) is 6.61. The Labute approximate surface area is 70.6 Å². The third-order valence-electron chi connectivity index (χ3n) is 1.10. The standard InChI is InChI=1S/C8H7ClN2/c1-2-5-10-8-4-3-7(9)6-11-8/h1,3-4,6H,5H2,(H,10,11). The van der Waals surface area contributed by atoms with Gasteiger partial charge in [0.15, 0.2) is 0 Å². The third kappa shape index (κ3) is 2.48. The second-order valence-electron chi connectivity index (χ2n) is 1.92. The van der Waals surface area contributed by atoms with Gasteiger partial charge in [-0.1, -0.05) is 17.5 Å². The van der Waals surface area contributed by atoms with Gasteiger partial charge in [0.25, 0.3) is 0 Å². The summed E-state index contributed by atoms with van der Waals surface area (Å²) >= 11 is 5.62. The minimum absolute atomic E-state index is 0.481. The van der Waals surface area contributed by atoms with E-state index >= 15 is 0 Å². The van der Waals surface area contributed by atoms with Crippen molar-refractivity contribution < 1.29 is 0 Å². The zero-order valence-corrected chi connectivity index (χ0v) is 6.60. The van der Waals surface area contributed by atoms with Crippen LogP contribution in [0.4, 0.5) is 5.82 Å². The van der Waals surface area contributed by atoms with Crippen LogP contribution in [-0.2, 0) is 0 Å². The Balaban J connectivity index is 2.60. The van der Waals surface area contributed by atoms with E-state index in [0.717, 1.165) is 5.82 Å². The van der Waals surface area contributed by atoms with Crippen molar-refractivity contribution in [3.8, 4) is 12.3 Å². The predicted molar refractivity (Wildman–Crippen MR) is 46.6 cm³/mol. The Morgan fingerprint density at radius 1 is 1.64 bits per heavy atom. The molecule has 0 spiro atoms. The first kappa shape index (κ1) is 7.90. The highest BCUT2D eigenvalue weighted by Gasteiger charge is 1.89. The van der Waals surface area contributed by atoms with E-state index in [1.807, 2.05) is 0 Å². The smallest absolute Gasteiger partial charge is 0.126 e. The fourth-order valence-electron chi connectivity index (χ4n) is 0.622. The monoisotopic (exact) mass is 166 g/mol. The van der Waals surface area contributed by atoms with Gasteiger partial charge >= 0.3 is 0 Å². The van der Waals surface area contributed by atoms with E-state index in [-0.39, 0.29) is 0 Å². The van der Waals surface area contributed by atoms with Crippen LogP contribution in [0.3, 0.4) is 0 Å². The molecule has 1 rings (SSSR count). The van der Waals surface area contributed by atoms with Crippen molar-refractivity contribution in [1.82, 2.24) is 4.98 Å². The van der Waals surface area contributed by atoms with Gasteiger partial charge in [0, 0.05) is 6.20 Å². The average Bonchev–Trinajstić information content (AvgIpc) is 2.04. The number of nitrogens with zero attached hydrogens (tertiary/aromatic N) is 1. The van der Waals surface area contributed by atoms with Crippen molar-refractivity contribution in [2.45, 2.75) is 0 Å². The van der Waals surface area contributed by atoms with E-state index in [9.17, 15) is 0 Å². The van der Waals surface area contributed by atoms with Gasteiger partial charge in [-0.25, -0.2) is 4.98 Å². The van der Waals surface area contributed by atoms with Crippen LogP contribution in [-0.4, -0.2) is 11.5 Å². The molecule has 11 heavy (non-hydrogen) atoms. The molecule has 0 fully saturated rings. The van der Waals surface area contributed by atoms with E-state index in [0.29, 0.717) is 11.6 Å².